The molecule has 1 aliphatic rings. The number of aromatic amines is 1. The zero-order valence-electron chi connectivity index (χ0n) is 22.0. The van der Waals surface area contributed by atoms with Crippen molar-refractivity contribution in [2.45, 2.75) is 32.0 Å². The molecule has 214 valence electrons. The Kier molecular flexibility index (Phi) is 9.08. The lowest BCUT2D eigenvalue weighted by molar-refractivity contribution is -0.192. The van der Waals surface area contributed by atoms with Crippen molar-refractivity contribution in [1.29, 1.82) is 0 Å². The van der Waals surface area contributed by atoms with Crippen LogP contribution in [0.5, 0.6) is 5.88 Å². The summed E-state index contributed by atoms with van der Waals surface area (Å²) in [6.45, 7) is 3.19. The number of alkyl halides is 3. The zero-order valence-corrected chi connectivity index (χ0v) is 22.0. The molecule has 1 aliphatic heterocycles. The Hall–Kier alpha value is -4.64. The van der Waals surface area contributed by atoms with Gasteiger partial charge in [0.15, 0.2) is 5.88 Å². The number of likely N-dealkylation sites (tertiary alicyclic amines) is 1. The normalized spacial score (nSPS) is 14.4. The molecule has 5 rings (SSSR count). The molecule has 4 aromatic rings. The highest BCUT2D eigenvalue weighted by Gasteiger charge is 2.38. The number of rotatable bonds is 6. The molecule has 1 saturated heterocycles. The van der Waals surface area contributed by atoms with Crippen molar-refractivity contribution in [1.82, 2.24) is 9.88 Å². The van der Waals surface area contributed by atoms with Crippen molar-refractivity contribution in [3.05, 3.63) is 95.1 Å². The standard InChI is InChI=1S/C28H28N4O2.C2HF3O2/c29-27(33)21-12-13-23-24(17-21)31-28(34)25(23)26(20-9-3-1-4-10-20)30-22-11-7-8-19(16-22)18-32-14-5-2-6-15-32;3-2(4,5)1(6)7/h1,3-4,7-13,16-17,31,34H,2,5-6,14-15,18H2,(H2,29,33);(H,6,7). The largest absolute Gasteiger partial charge is 0.494 e. The summed E-state index contributed by atoms with van der Waals surface area (Å²) >= 11 is 0. The van der Waals surface area contributed by atoms with E-state index >= 15 is 0 Å². The molecule has 2 heterocycles. The summed E-state index contributed by atoms with van der Waals surface area (Å²) in [7, 11) is 0. The Balaban J connectivity index is 0.000000493. The summed E-state index contributed by atoms with van der Waals surface area (Å²) in [5, 5.41) is 18.8. The van der Waals surface area contributed by atoms with Gasteiger partial charge in [0, 0.05) is 28.6 Å². The Bertz CT molecular complexity index is 1560. The minimum absolute atomic E-state index is 0.00342. The fraction of sp³-hybridized carbons (Fsp3) is 0.233. The third kappa shape index (κ3) is 7.52. The molecule has 0 spiro atoms. The maximum absolute atomic E-state index is 11.6. The number of hydrogen-bond acceptors (Lipinski definition) is 5. The van der Waals surface area contributed by atoms with E-state index in [1.54, 1.807) is 18.2 Å². The number of halogens is 3. The van der Waals surface area contributed by atoms with Crippen molar-refractivity contribution in [3.63, 3.8) is 0 Å². The lowest BCUT2D eigenvalue weighted by Crippen LogP contribution is -2.28. The molecule has 0 saturated carbocycles. The summed E-state index contributed by atoms with van der Waals surface area (Å²) in [5.74, 6) is -3.27. The summed E-state index contributed by atoms with van der Waals surface area (Å²) in [4.78, 5) is 31.0. The van der Waals surface area contributed by atoms with Gasteiger partial charge >= 0.3 is 12.1 Å². The maximum Gasteiger partial charge on any atom is 0.490 e. The Morgan fingerprint density at radius 3 is 2.24 bits per heavy atom. The number of aromatic nitrogens is 1. The van der Waals surface area contributed by atoms with E-state index < -0.39 is 18.1 Å². The Labute approximate surface area is 233 Å². The van der Waals surface area contributed by atoms with Gasteiger partial charge in [0.25, 0.3) is 0 Å². The number of hydrogen-bond donors (Lipinski definition) is 4. The number of aliphatic carboxylic acids is 1. The van der Waals surface area contributed by atoms with Gasteiger partial charge in [-0.15, -0.1) is 0 Å². The number of amides is 1. The van der Waals surface area contributed by atoms with Crippen molar-refractivity contribution in [2.24, 2.45) is 10.7 Å². The molecule has 1 amide bonds. The predicted molar refractivity (Wildman–Crippen MR) is 149 cm³/mol. The van der Waals surface area contributed by atoms with Gasteiger partial charge in [0.2, 0.25) is 5.91 Å². The first-order valence-electron chi connectivity index (χ1n) is 12.9. The summed E-state index contributed by atoms with van der Waals surface area (Å²) in [6.07, 6.45) is -1.25. The van der Waals surface area contributed by atoms with E-state index in [0.29, 0.717) is 22.4 Å². The number of carboxylic acids is 1. The van der Waals surface area contributed by atoms with E-state index in [9.17, 15) is 23.1 Å². The van der Waals surface area contributed by atoms with Gasteiger partial charge in [0.1, 0.15) is 0 Å². The van der Waals surface area contributed by atoms with Crippen LogP contribution in [0.25, 0.3) is 10.9 Å². The molecule has 41 heavy (non-hydrogen) atoms. The average Bonchev–Trinajstić information content (AvgIpc) is 3.27. The number of fused-ring (bicyclic) bond motifs is 1. The average molecular weight is 567 g/mol. The minimum Gasteiger partial charge on any atom is -0.494 e. The first-order valence-corrected chi connectivity index (χ1v) is 12.9. The fourth-order valence-electron chi connectivity index (χ4n) is 4.67. The molecule has 0 atom stereocenters. The predicted octanol–water partition coefficient (Wildman–Crippen LogP) is 5.76. The number of piperidine rings is 1. The van der Waals surface area contributed by atoms with Crippen LogP contribution < -0.4 is 5.73 Å². The van der Waals surface area contributed by atoms with Crippen LogP contribution in [0.2, 0.25) is 0 Å². The van der Waals surface area contributed by atoms with Gasteiger partial charge < -0.3 is 20.9 Å². The molecule has 5 N–H and O–H groups in total. The van der Waals surface area contributed by atoms with Crippen LogP contribution in [0.4, 0.5) is 18.9 Å². The quantitative estimate of drug-likeness (QED) is 0.220. The van der Waals surface area contributed by atoms with Gasteiger partial charge in [-0.3, -0.25) is 9.69 Å². The molecular formula is C30H29F3N4O4. The van der Waals surface area contributed by atoms with Gasteiger partial charge in [-0.1, -0.05) is 55.0 Å². The molecule has 11 heteroatoms. The van der Waals surface area contributed by atoms with E-state index in [4.69, 9.17) is 20.6 Å². The van der Waals surface area contributed by atoms with E-state index in [1.165, 1.54) is 24.8 Å². The highest BCUT2D eigenvalue weighted by molar-refractivity contribution is 6.22. The monoisotopic (exact) mass is 566 g/mol. The van der Waals surface area contributed by atoms with Gasteiger partial charge in [0.05, 0.1) is 17.0 Å². The number of carbonyl (C=O) groups is 2. The number of benzene rings is 3. The number of aromatic hydroxyl groups is 1. The van der Waals surface area contributed by atoms with Crippen molar-refractivity contribution in [3.8, 4) is 5.88 Å². The molecule has 8 nitrogen and oxygen atoms in total. The highest BCUT2D eigenvalue weighted by atomic mass is 19.4. The van der Waals surface area contributed by atoms with Crippen LogP contribution in [0.15, 0.2) is 77.8 Å². The van der Waals surface area contributed by atoms with Crippen LogP contribution in [-0.2, 0) is 11.3 Å². The van der Waals surface area contributed by atoms with E-state index in [2.05, 4.69) is 22.0 Å². The van der Waals surface area contributed by atoms with Gasteiger partial charge in [-0.05, 0) is 55.8 Å². The number of H-pyrrole nitrogens is 1. The van der Waals surface area contributed by atoms with Crippen molar-refractivity contribution < 1.29 is 33.0 Å². The van der Waals surface area contributed by atoms with Crippen molar-refractivity contribution >= 4 is 34.2 Å². The summed E-state index contributed by atoms with van der Waals surface area (Å²) in [5.41, 5.74) is 10.6. The zero-order chi connectivity index (χ0) is 29.6. The van der Waals surface area contributed by atoms with Crippen LogP contribution in [0, 0.1) is 0 Å². The summed E-state index contributed by atoms with van der Waals surface area (Å²) < 4.78 is 31.7. The summed E-state index contributed by atoms with van der Waals surface area (Å²) in [6, 6.07) is 23.2. The van der Waals surface area contributed by atoms with E-state index in [1.807, 2.05) is 42.5 Å². The molecule has 3 aromatic carbocycles. The molecule has 0 unspecified atom stereocenters. The van der Waals surface area contributed by atoms with Crippen LogP contribution >= 0.6 is 0 Å². The number of nitrogens with two attached hydrogens (primary N) is 1. The van der Waals surface area contributed by atoms with Gasteiger partial charge in [-0.2, -0.15) is 13.2 Å². The second-order valence-electron chi connectivity index (χ2n) is 9.61. The molecule has 1 fully saturated rings. The van der Waals surface area contributed by atoms with Gasteiger partial charge in [-0.25, -0.2) is 9.79 Å². The Morgan fingerprint density at radius 1 is 0.927 bits per heavy atom. The minimum atomic E-state index is -5.08. The van der Waals surface area contributed by atoms with Crippen LogP contribution in [0.1, 0.15) is 46.3 Å². The number of aliphatic imine (C=N–C) groups is 1. The third-order valence-corrected chi connectivity index (χ3v) is 6.60. The van der Waals surface area contributed by atoms with Crippen LogP contribution in [-0.4, -0.2) is 57.0 Å². The van der Waals surface area contributed by atoms with Crippen molar-refractivity contribution in [2.75, 3.05) is 13.1 Å². The smallest absolute Gasteiger partial charge is 0.490 e. The molecule has 0 aliphatic carbocycles. The number of carbonyl (C=O) groups excluding carboxylic acids is 1. The third-order valence-electron chi connectivity index (χ3n) is 6.60. The number of nitrogens with zero attached hydrogens (tertiary/aromatic N) is 2. The topological polar surface area (TPSA) is 132 Å². The Morgan fingerprint density at radius 2 is 1.61 bits per heavy atom. The lowest BCUT2D eigenvalue weighted by Gasteiger charge is -2.26. The second-order valence-corrected chi connectivity index (χ2v) is 9.61. The number of primary amides is 1. The lowest BCUT2D eigenvalue weighted by atomic mass is 10.00. The number of nitrogens with one attached hydrogen (secondary N) is 1. The molecule has 0 radical (unpaired) electrons. The molecular weight excluding hydrogens is 537 g/mol. The first-order chi connectivity index (χ1) is 19.5. The molecule has 0 bridgehead atoms. The van der Waals surface area contributed by atoms with E-state index in [0.717, 1.165) is 36.3 Å². The second kappa shape index (κ2) is 12.7. The fourth-order valence-corrected chi connectivity index (χ4v) is 4.67. The van der Waals surface area contributed by atoms with Crippen LogP contribution in [0.3, 0.4) is 0 Å². The maximum atomic E-state index is 11.6. The molecule has 1 aromatic heterocycles. The first kappa shape index (κ1) is 29.3. The van der Waals surface area contributed by atoms with E-state index in [-0.39, 0.29) is 5.88 Å². The highest BCUT2D eigenvalue weighted by Crippen LogP contribution is 2.32. The SMILES string of the molecule is NC(=O)c1ccc2c(C(=Nc3cccc(CN4CCCCC4)c3)c3ccccc3)c(O)[nH]c2c1.O=C(O)C(F)(F)F. The number of carboxylic acid groups (broad SMARTS) is 1.